The lowest BCUT2D eigenvalue weighted by Crippen LogP contribution is -2.33. The lowest BCUT2D eigenvalue weighted by molar-refractivity contribution is -0.132. The second kappa shape index (κ2) is 8.54. The number of benzene rings is 1. The first-order chi connectivity index (χ1) is 10.3. The number of nitrogens with one attached hydrogen (secondary N) is 1. The van der Waals surface area contributed by atoms with E-state index in [-0.39, 0.29) is 12.4 Å². The van der Waals surface area contributed by atoms with Crippen LogP contribution in [-0.4, -0.2) is 29.9 Å². The van der Waals surface area contributed by atoms with Crippen LogP contribution in [0.3, 0.4) is 0 Å². The van der Waals surface area contributed by atoms with E-state index in [0.717, 1.165) is 38.4 Å². The number of hydrogen-bond acceptors (Lipinski definition) is 2. The van der Waals surface area contributed by atoms with Crippen LogP contribution in [0.25, 0.3) is 0 Å². The molecule has 2 aliphatic rings. The van der Waals surface area contributed by atoms with Gasteiger partial charge in [-0.2, -0.15) is 0 Å². The van der Waals surface area contributed by atoms with Crippen molar-refractivity contribution in [1.29, 1.82) is 0 Å². The first-order valence-corrected chi connectivity index (χ1v) is 8.37. The van der Waals surface area contributed by atoms with Gasteiger partial charge in [0, 0.05) is 19.0 Å². The third-order valence-corrected chi connectivity index (χ3v) is 4.73. The summed E-state index contributed by atoms with van der Waals surface area (Å²) in [6, 6.07) is 10.9. The summed E-state index contributed by atoms with van der Waals surface area (Å²) in [5, 5.41) is 3.39. The zero-order chi connectivity index (χ0) is 14.5. The van der Waals surface area contributed by atoms with Gasteiger partial charge in [0.1, 0.15) is 0 Å². The Morgan fingerprint density at radius 3 is 2.41 bits per heavy atom. The number of rotatable bonds is 6. The molecule has 0 spiro atoms. The van der Waals surface area contributed by atoms with Crippen LogP contribution in [0.2, 0.25) is 0 Å². The van der Waals surface area contributed by atoms with Crippen molar-refractivity contribution in [2.45, 2.75) is 51.1 Å². The van der Waals surface area contributed by atoms with Gasteiger partial charge in [-0.15, -0.1) is 12.4 Å². The van der Waals surface area contributed by atoms with Crippen molar-refractivity contribution >= 4 is 18.3 Å². The molecule has 1 aliphatic heterocycles. The Hall–Kier alpha value is -1.06. The van der Waals surface area contributed by atoms with E-state index in [4.69, 9.17) is 0 Å². The van der Waals surface area contributed by atoms with Crippen molar-refractivity contribution < 1.29 is 4.79 Å². The first kappa shape index (κ1) is 17.3. The van der Waals surface area contributed by atoms with Gasteiger partial charge < -0.3 is 10.2 Å². The number of amides is 1. The van der Waals surface area contributed by atoms with Gasteiger partial charge in [-0.05, 0) is 56.7 Å². The molecule has 1 saturated heterocycles. The maximum atomic E-state index is 12.6. The Bertz CT molecular complexity index is 455. The van der Waals surface area contributed by atoms with Crippen LogP contribution in [0.15, 0.2) is 30.3 Å². The third-order valence-electron chi connectivity index (χ3n) is 4.73. The van der Waals surface area contributed by atoms with Crippen LogP contribution in [0.5, 0.6) is 0 Å². The lowest BCUT2D eigenvalue weighted by atomic mass is 9.93. The van der Waals surface area contributed by atoms with Gasteiger partial charge in [0.05, 0.1) is 0 Å². The fourth-order valence-electron chi connectivity index (χ4n) is 3.23. The summed E-state index contributed by atoms with van der Waals surface area (Å²) in [5.74, 6) is 1.10. The molecular formula is C18H27ClN2O. The number of carbonyl (C=O) groups is 1. The van der Waals surface area contributed by atoms with Gasteiger partial charge in [-0.3, -0.25) is 4.79 Å². The molecule has 3 rings (SSSR count). The van der Waals surface area contributed by atoms with Crippen molar-refractivity contribution in [3.05, 3.63) is 35.9 Å². The van der Waals surface area contributed by atoms with Gasteiger partial charge in [-0.25, -0.2) is 0 Å². The van der Waals surface area contributed by atoms with E-state index in [1.54, 1.807) is 0 Å². The van der Waals surface area contributed by atoms with E-state index in [2.05, 4.69) is 34.5 Å². The second-order valence-corrected chi connectivity index (χ2v) is 6.47. The van der Waals surface area contributed by atoms with Crippen LogP contribution in [0.4, 0.5) is 0 Å². The van der Waals surface area contributed by atoms with E-state index >= 15 is 0 Å². The minimum absolute atomic E-state index is 0. The van der Waals surface area contributed by atoms with Gasteiger partial charge >= 0.3 is 0 Å². The summed E-state index contributed by atoms with van der Waals surface area (Å²) >= 11 is 0. The van der Waals surface area contributed by atoms with E-state index in [0.29, 0.717) is 11.9 Å². The molecule has 22 heavy (non-hydrogen) atoms. The largest absolute Gasteiger partial charge is 0.335 e. The Balaban J connectivity index is 0.00000176. The highest BCUT2D eigenvalue weighted by Crippen LogP contribution is 2.30. The average Bonchev–Trinajstić information content (AvgIpc) is 3.37. The van der Waals surface area contributed by atoms with Crippen LogP contribution in [-0.2, 0) is 11.3 Å². The molecule has 1 aromatic rings. The van der Waals surface area contributed by atoms with Crippen molar-refractivity contribution in [1.82, 2.24) is 10.2 Å². The fourth-order valence-corrected chi connectivity index (χ4v) is 3.23. The standard InChI is InChI=1S/C18H26N2O.ClH/c21-18(9-6-15-10-12-19-13-11-15)20(17-7-8-17)14-16-4-2-1-3-5-16;/h1-5,15,17,19H,6-14H2;1H. The molecule has 4 heteroatoms. The molecule has 1 N–H and O–H groups in total. The molecule has 1 amide bonds. The summed E-state index contributed by atoms with van der Waals surface area (Å²) in [4.78, 5) is 14.7. The highest BCUT2D eigenvalue weighted by atomic mass is 35.5. The molecule has 0 aromatic heterocycles. The summed E-state index contributed by atoms with van der Waals surface area (Å²) in [6.45, 7) is 3.03. The summed E-state index contributed by atoms with van der Waals surface area (Å²) in [7, 11) is 0. The molecule has 1 heterocycles. The van der Waals surface area contributed by atoms with Gasteiger partial charge in [0.15, 0.2) is 0 Å². The Morgan fingerprint density at radius 1 is 1.09 bits per heavy atom. The molecule has 3 nitrogen and oxygen atoms in total. The van der Waals surface area contributed by atoms with E-state index < -0.39 is 0 Å². The molecule has 0 unspecified atom stereocenters. The quantitative estimate of drug-likeness (QED) is 0.870. The van der Waals surface area contributed by atoms with Gasteiger partial charge in [-0.1, -0.05) is 30.3 Å². The molecule has 0 atom stereocenters. The average molecular weight is 323 g/mol. The SMILES string of the molecule is Cl.O=C(CCC1CCNCC1)N(Cc1ccccc1)C1CC1. The fraction of sp³-hybridized carbons (Fsp3) is 0.611. The van der Waals surface area contributed by atoms with Crippen molar-refractivity contribution in [2.75, 3.05) is 13.1 Å². The van der Waals surface area contributed by atoms with Gasteiger partial charge in [0.2, 0.25) is 5.91 Å². The first-order valence-electron chi connectivity index (χ1n) is 8.37. The van der Waals surface area contributed by atoms with E-state index in [1.807, 2.05) is 6.07 Å². The maximum absolute atomic E-state index is 12.6. The summed E-state index contributed by atoms with van der Waals surface area (Å²) in [5.41, 5.74) is 1.25. The monoisotopic (exact) mass is 322 g/mol. The smallest absolute Gasteiger partial charge is 0.223 e. The zero-order valence-electron chi connectivity index (χ0n) is 13.2. The lowest BCUT2D eigenvalue weighted by Gasteiger charge is -2.26. The van der Waals surface area contributed by atoms with Crippen molar-refractivity contribution in [3.63, 3.8) is 0 Å². The number of piperidine rings is 1. The normalized spacial score (nSPS) is 18.5. The predicted octanol–water partition coefficient (Wildman–Crippen LogP) is 3.38. The minimum atomic E-state index is 0. The number of halogens is 1. The zero-order valence-corrected chi connectivity index (χ0v) is 14.0. The Kier molecular flexibility index (Phi) is 6.71. The molecule has 122 valence electrons. The van der Waals surface area contributed by atoms with Crippen LogP contribution >= 0.6 is 12.4 Å². The molecular weight excluding hydrogens is 296 g/mol. The van der Waals surface area contributed by atoms with Crippen LogP contribution in [0, 0.1) is 5.92 Å². The molecule has 1 aliphatic carbocycles. The Morgan fingerprint density at radius 2 is 1.77 bits per heavy atom. The molecule has 2 fully saturated rings. The third kappa shape index (κ3) is 4.99. The van der Waals surface area contributed by atoms with Crippen molar-refractivity contribution in [3.8, 4) is 0 Å². The van der Waals surface area contributed by atoms with Crippen molar-refractivity contribution in [2.24, 2.45) is 5.92 Å². The highest BCUT2D eigenvalue weighted by molar-refractivity contribution is 5.85. The topological polar surface area (TPSA) is 32.3 Å². The second-order valence-electron chi connectivity index (χ2n) is 6.47. The molecule has 0 radical (unpaired) electrons. The summed E-state index contributed by atoms with van der Waals surface area (Å²) < 4.78 is 0. The molecule has 1 aromatic carbocycles. The predicted molar refractivity (Wildman–Crippen MR) is 92.1 cm³/mol. The maximum Gasteiger partial charge on any atom is 0.223 e. The highest BCUT2D eigenvalue weighted by Gasteiger charge is 2.32. The molecule has 1 saturated carbocycles. The number of nitrogens with zero attached hydrogens (tertiary/aromatic N) is 1. The Labute approximate surface area is 139 Å². The number of hydrogen-bond donors (Lipinski definition) is 1. The minimum Gasteiger partial charge on any atom is -0.335 e. The van der Waals surface area contributed by atoms with E-state index in [9.17, 15) is 4.79 Å². The summed E-state index contributed by atoms with van der Waals surface area (Å²) in [6.07, 6.45) is 6.63. The van der Waals surface area contributed by atoms with Crippen LogP contribution < -0.4 is 5.32 Å². The van der Waals surface area contributed by atoms with E-state index in [1.165, 1.54) is 31.2 Å². The molecule has 0 bridgehead atoms. The van der Waals surface area contributed by atoms with Gasteiger partial charge in [0.25, 0.3) is 0 Å². The van der Waals surface area contributed by atoms with Crippen LogP contribution in [0.1, 0.15) is 44.1 Å². The number of carbonyl (C=O) groups excluding carboxylic acids is 1.